The van der Waals surface area contributed by atoms with E-state index in [9.17, 15) is 9.59 Å². The van der Waals surface area contributed by atoms with Gasteiger partial charge in [0, 0.05) is 13.6 Å². The highest BCUT2D eigenvalue weighted by Gasteiger charge is 2.20. The topological polar surface area (TPSA) is 72.6 Å². The first-order valence-electron chi connectivity index (χ1n) is 4.48. The van der Waals surface area contributed by atoms with Crippen molar-refractivity contribution in [3.63, 3.8) is 0 Å². The zero-order valence-electron chi connectivity index (χ0n) is 9.52. The van der Waals surface area contributed by atoms with Gasteiger partial charge in [0.25, 0.3) is 0 Å². The highest BCUT2D eigenvalue weighted by atomic mass is 35.5. The molecule has 0 bridgehead atoms. The molecule has 0 fully saturated rings. The summed E-state index contributed by atoms with van der Waals surface area (Å²) >= 11 is 0. The highest BCUT2D eigenvalue weighted by Crippen LogP contribution is 2.01. The van der Waals surface area contributed by atoms with E-state index in [-0.39, 0.29) is 30.2 Å². The van der Waals surface area contributed by atoms with Crippen molar-refractivity contribution in [2.45, 2.75) is 19.9 Å². The van der Waals surface area contributed by atoms with Crippen LogP contribution < -0.4 is 5.73 Å². The first-order valence-corrected chi connectivity index (χ1v) is 4.48. The molecular formula is C9H19ClN2O3. The molecule has 1 amide bonds. The van der Waals surface area contributed by atoms with Crippen LogP contribution >= 0.6 is 12.4 Å². The van der Waals surface area contributed by atoms with E-state index in [1.807, 2.05) is 0 Å². The van der Waals surface area contributed by atoms with Crippen LogP contribution in [-0.4, -0.2) is 43.5 Å². The fourth-order valence-electron chi connectivity index (χ4n) is 1.12. The van der Waals surface area contributed by atoms with Crippen LogP contribution in [0.25, 0.3) is 0 Å². The average molecular weight is 239 g/mol. The SMILES string of the molecule is COC(=O)C(C)CN(C)C(=O)C(C)N.Cl. The molecule has 0 heterocycles. The molecule has 2 atom stereocenters. The Bertz CT molecular complexity index is 221. The standard InChI is InChI=1S/C9H18N2O3.ClH/c1-6(9(13)14-4)5-11(3)8(12)7(2)10;/h6-7H,5,10H2,1-4H3;1H. The summed E-state index contributed by atoms with van der Waals surface area (Å²) < 4.78 is 4.54. The number of esters is 1. The molecule has 0 spiro atoms. The molecule has 0 radical (unpaired) electrons. The Balaban J connectivity index is 0. The molecule has 0 aromatic carbocycles. The predicted molar refractivity (Wildman–Crippen MR) is 59.7 cm³/mol. The van der Waals surface area contributed by atoms with E-state index < -0.39 is 6.04 Å². The lowest BCUT2D eigenvalue weighted by molar-refractivity contribution is -0.146. The van der Waals surface area contributed by atoms with Gasteiger partial charge in [0.1, 0.15) is 0 Å². The van der Waals surface area contributed by atoms with E-state index in [1.165, 1.54) is 12.0 Å². The Morgan fingerprint density at radius 1 is 1.40 bits per heavy atom. The molecule has 5 nitrogen and oxygen atoms in total. The number of methoxy groups -OCH3 is 1. The molecule has 0 aliphatic carbocycles. The van der Waals surface area contributed by atoms with Crippen molar-refractivity contribution >= 4 is 24.3 Å². The fraction of sp³-hybridized carbons (Fsp3) is 0.778. The molecule has 6 heteroatoms. The number of nitrogens with two attached hydrogens (primary N) is 1. The minimum atomic E-state index is -0.537. The summed E-state index contributed by atoms with van der Waals surface area (Å²) in [7, 11) is 2.94. The fourth-order valence-corrected chi connectivity index (χ4v) is 1.12. The monoisotopic (exact) mass is 238 g/mol. The largest absolute Gasteiger partial charge is 0.469 e. The summed E-state index contributed by atoms with van der Waals surface area (Å²) in [4.78, 5) is 23.8. The summed E-state index contributed by atoms with van der Waals surface area (Å²) in [6, 6.07) is -0.537. The summed E-state index contributed by atoms with van der Waals surface area (Å²) in [6.07, 6.45) is 0. The molecule has 0 aromatic rings. The summed E-state index contributed by atoms with van der Waals surface area (Å²) in [5.41, 5.74) is 5.41. The smallest absolute Gasteiger partial charge is 0.310 e. The van der Waals surface area contributed by atoms with Gasteiger partial charge in [-0.3, -0.25) is 9.59 Å². The van der Waals surface area contributed by atoms with Crippen molar-refractivity contribution in [3.8, 4) is 0 Å². The Morgan fingerprint density at radius 3 is 2.20 bits per heavy atom. The van der Waals surface area contributed by atoms with Crippen LogP contribution in [0.5, 0.6) is 0 Å². The molecule has 0 rings (SSSR count). The first kappa shape index (κ1) is 16.6. The van der Waals surface area contributed by atoms with E-state index in [1.54, 1.807) is 20.9 Å². The van der Waals surface area contributed by atoms with Gasteiger partial charge in [-0.25, -0.2) is 0 Å². The van der Waals surface area contributed by atoms with Crippen LogP contribution in [0.4, 0.5) is 0 Å². The van der Waals surface area contributed by atoms with Crippen molar-refractivity contribution in [2.75, 3.05) is 20.7 Å². The number of halogens is 1. The molecule has 2 N–H and O–H groups in total. The summed E-state index contributed by atoms with van der Waals surface area (Å²) in [5, 5.41) is 0. The maximum atomic E-state index is 11.3. The average Bonchev–Trinajstić information content (AvgIpc) is 2.14. The van der Waals surface area contributed by atoms with E-state index in [0.29, 0.717) is 6.54 Å². The third kappa shape index (κ3) is 5.59. The van der Waals surface area contributed by atoms with E-state index in [4.69, 9.17) is 5.73 Å². The van der Waals surface area contributed by atoms with Gasteiger partial charge >= 0.3 is 5.97 Å². The van der Waals surface area contributed by atoms with Gasteiger partial charge in [0.05, 0.1) is 19.1 Å². The van der Waals surface area contributed by atoms with E-state index >= 15 is 0 Å². The summed E-state index contributed by atoms with van der Waals surface area (Å²) in [5.74, 6) is -0.831. The van der Waals surface area contributed by atoms with Crippen LogP contribution in [0.15, 0.2) is 0 Å². The number of amides is 1. The number of carbonyl (C=O) groups excluding carboxylic acids is 2. The van der Waals surface area contributed by atoms with Gasteiger partial charge in [-0.2, -0.15) is 0 Å². The minimum absolute atomic E-state index is 0. The molecule has 0 aromatic heterocycles. The molecule has 90 valence electrons. The van der Waals surface area contributed by atoms with E-state index in [2.05, 4.69) is 4.74 Å². The number of carbonyl (C=O) groups is 2. The third-order valence-corrected chi connectivity index (χ3v) is 1.92. The second-order valence-corrected chi connectivity index (χ2v) is 3.43. The van der Waals surface area contributed by atoms with Gasteiger partial charge in [-0.1, -0.05) is 6.92 Å². The lowest BCUT2D eigenvalue weighted by atomic mass is 10.1. The number of hydrogen-bond acceptors (Lipinski definition) is 4. The molecule has 0 saturated heterocycles. The zero-order chi connectivity index (χ0) is 11.3. The van der Waals surface area contributed by atoms with Gasteiger partial charge < -0.3 is 15.4 Å². The number of ether oxygens (including phenoxy) is 1. The lowest BCUT2D eigenvalue weighted by Crippen LogP contribution is -2.42. The molecule has 15 heavy (non-hydrogen) atoms. The van der Waals surface area contributed by atoms with Crippen LogP contribution in [-0.2, 0) is 14.3 Å². The van der Waals surface area contributed by atoms with Crippen LogP contribution in [0, 0.1) is 5.92 Å². The number of nitrogens with zero attached hydrogens (tertiary/aromatic N) is 1. The van der Waals surface area contributed by atoms with Crippen molar-refractivity contribution in [2.24, 2.45) is 11.7 Å². The Morgan fingerprint density at radius 2 is 1.87 bits per heavy atom. The van der Waals surface area contributed by atoms with Gasteiger partial charge in [-0.05, 0) is 6.92 Å². The van der Waals surface area contributed by atoms with E-state index in [0.717, 1.165) is 0 Å². The number of likely N-dealkylation sites (N-methyl/N-ethyl adjacent to an activating group) is 1. The quantitative estimate of drug-likeness (QED) is 0.701. The summed E-state index contributed by atoms with van der Waals surface area (Å²) in [6.45, 7) is 3.64. The number of hydrogen-bond donors (Lipinski definition) is 1. The Hall–Kier alpha value is -0.810. The van der Waals surface area contributed by atoms with Crippen LogP contribution in [0.3, 0.4) is 0 Å². The second kappa shape index (κ2) is 7.48. The lowest BCUT2D eigenvalue weighted by Gasteiger charge is -2.21. The normalized spacial score (nSPS) is 13.4. The van der Waals surface area contributed by atoms with Gasteiger partial charge in [0.15, 0.2) is 0 Å². The van der Waals surface area contributed by atoms with Crippen molar-refractivity contribution < 1.29 is 14.3 Å². The van der Waals surface area contributed by atoms with Crippen molar-refractivity contribution in [1.29, 1.82) is 0 Å². The molecule has 0 saturated carbocycles. The third-order valence-electron chi connectivity index (χ3n) is 1.92. The van der Waals surface area contributed by atoms with Crippen molar-refractivity contribution in [1.82, 2.24) is 4.90 Å². The van der Waals surface area contributed by atoms with Crippen LogP contribution in [0.2, 0.25) is 0 Å². The predicted octanol–water partition coefficient (Wildman–Crippen LogP) is 0.0229. The molecule has 2 unspecified atom stereocenters. The highest BCUT2D eigenvalue weighted by molar-refractivity contribution is 5.85. The maximum Gasteiger partial charge on any atom is 0.310 e. The Labute approximate surface area is 96.3 Å². The molecule has 0 aliphatic heterocycles. The second-order valence-electron chi connectivity index (χ2n) is 3.43. The first-order chi connectivity index (χ1) is 6.40. The zero-order valence-corrected chi connectivity index (χ0v) is 10.3. The molecular weight excluding hydrogens is 220 g/mol. The maximum absolute atomic E-state index is 11.3. The van der Waals surface area contributed by atoms with Crippen LogP contribution in [0.1, 0.15) is 13.8 Å². The molecule has 0 aliphatic rings. The Kier molecular flexibility index (Phi) is 8.28. The minimum Gasteiger partial charge on any atom is -0.469 e. The van der Waals surface area contributed by atoms with Gasteiger partial charge in [0.2, 0.25) is 5.91 Å². The van der Waals surface area contributed by atoms with Gasteiger partial charge in [-0.15, -0.1) is 12.4 Å². The number of rotatable bonds is 4. The van der Waals surface area contributed by atoms with Crippen molar-refractivity contribution in [3.05, 3.63) is 0 Å².